The Kier molecular flexibility index (Phi) is 7.43. The molecule has 2 aromatic rings. The fraction of sp³-hybridized carbons (Fsp3) is 0.348. The molecule has 0 atom stereocenters. The van der Waals surface area contributed by atoms with Crippen LogP contribution in [0.2, 0.25) is 0 Å². The summed E-state index contributed by atoms with van der Waals surface area (Å²) in [6.45, 7) is 4.25. The SMILES string of the molecule is CCCNC(=O)c1cccc(NC(=O)CNc2cccc(C(=O)N3CCCC3)c2)c1. The third-order valence-electron chi connectivity index (χ3n) is 4.90. The maximum atomic E-state index is 12.5. The van der Waals surface area contributed by atoms with Gasteiger partial charge in [0.15, 0.2) is 0 Å². The summed E-state index contributed by atoms with van der Waals surface area (Å²) in [5.41, 5.74) is 2.39. The summed E-state index contributed by atoms with van der Waals surface area (Å²) < 4.78 is 0. The molecule has 1 aliphatic heterocycles. The van der Waals surface area contributed by atoms with Crippen LogP contribution in [0.1, 0.15) is 46.9 Å². The van der Waals surface area contributed by atoms with Crippen molar-refractivity contribution in [2.75, 3.05) is 36.8 Å². The van der Waals surface area contributed by atoms with Crippen LogP contribution in [0.4, 0.5) is 11.4 Å². The summed E-state index contributed by atoms with van der Waals surface area (Å²) in [5.74, 6) is -0.373. The second-order valence-electron chi connectivity index (χ2n) is 7.32. The van der Waals surface area contributed by atoms with Crippen LogP contribution < -0.4 is 16.0 Å². The monoisotopic (exact) mass is 408 g/mol. The van der Waals surface area contributed by atoms with Gasteiger partial charge >= 0.3 is 0 Å². The van der Waals surface area contributed by atoms with Crippen LogP contribution in [0.3, 0.4) is 0 Å². The topological polar surface area (TPSA) is 90.5 Å². The molecular formula is C23H28N4O3. The number of amides is 3. The summed E-state index contributed by atoms with van der Waals surface area (Å²) in [5, 5.41) is 8.66. The highest BCUT2D eigenvalue weighted by Gasteiger charge is 2.19. The minimum absolute atomic E-state index is 0.0266. The van der Waals surface area contributed by atoms with Crippen molar-refractivity contribution in [1.29, 1.82) is 0 Å². The zero-order chi connectivity index (χ0) is 21.3. The van der Waals surface area contributed by atoms with E-state index < -0.39 is 0 Å². The maximum Gasteiger partial charge on any atom is 0.253 e. The first-order valence-corrected chi connectivity index (χ1v) is 10.4. The Morgan fingerprint density at radius 2 is 1.60 bits per heavy atom. The molecule has 1 saturated heterocycles. The van der Waals surface area contributed by atoms with Crippen molar-refractivity contribution >= 4 is 29.1 Å². The molecular weight excluding hydrogens is 380 g/mol. The van der Waals surface area contributed by atoms with E-state index >= 15 is 0 Å². The Labute approximate surface area is 176 Å². The Bertz CT molecular complexity index is 907. The van der Waals surface area contributed by atoms with Crippen molar-refractivity contribution in [1.82, 2.24) is 10.2 Å². The first-order valence-electron chi connectivity index (χ1n) is 10.4. The number of anilines is 2. The van der Waals surface area contributed by atoms with Crippen LogP contribution in [0.5, 0.6) is 0 Å². The average Bonchev–Trinajstić information content (AvgIpc) is 3.31. The van der Waals surface area contributed by atoms with Gasteiger partial charge in [-0.2, -0.15) is 0 Å². The average molecular weight is 409 g/mol. The molecule has 0 aromatic heterocycles. The van der Waals surface area contributed by atoms with Gasteiger partial charge in [0.25, 0.3) is 11.8 Å². The molecule has 1 fully saturated rings. The molecule has 0 aliphatic carbocycles. The highest BCUT2D eigenvalue weighted by Crippen LogP contribution is 2.16. The smallest absolute Gasteiger partial charge is 0.253 e. The van der Waals surface area contributed by atoms with E-state index in [0.29, 0.717) is 29.0 Å². The van der Waals surface area contributed by atoms with E-state index in [9.17, 15) is 14.4 Å². The van der Waals surface area contributed by atoms with E-state index in [1.807, 2.05) is 24.0 Å². The minimum Gasteiger partial charge on any atom is -0.376 e. The van der Waals surface area contributed by atoms with Gasteiger partial charge in [-0.3, -0.25) is 14.4 Å². The molecule has 3 amide bonds. The number of nitrogens with zero attached hydrogens (tertiary/aromatic N) is 1. The maximum absolute atomic E-state index is 12.5. The summed E-state index contributed by atoms with van der Waals surface area (Å²) >= 11 is 0. The van der Waals surface area contributed by atoms with Gasteiger partial charge in [0, 0.05) is 42.1 Å². The van der Waals surface area contributed by atoms with Crippen LogP contribution >= 0.6 is 0 Å². The number of benzene rings is 2. The fourth-order valence-electron chi connectivity index (χ4n) is 3.33. The van der Waals surface area contributed by atoms with Gasteiger partial charge in [-0.05, 0) is 55.7 Å². The normalized spacial score (nSPS) is 13.0. The van der Waals surface area contributed by atoms with Crippen LogP contribution in [-0.4, -0.2) is 48.8 Å². The van der Waals surface area contributed by atoms with E-state index in [-0.39, 0.29) is 24.3 Å². The second-order valence-corrected chi connectivity index (χ2v) is 7.32. The summed E-state index contributed by atoms with van der Waals surface area (Å²) in [7, 11) is 0. The highest BCUT2D eigenvalue weighted by atomic mass is 16.2. The molecule has 2 aromatic carbocycles. The Morgan fingerprint density at radius 3 is 2.33 bits per heavy atom. The number of hydrogen-bond acceptors (Lipinski definition) is 4. The van der Waals surface area contributed by atoms with E-state index in [0.717, 1.165) is 32.4 Å². The zero-order valence-electron chi connectivity index (χ0n) is 17.2. The Balaban J connectivity index is 1.54. The third kappa shape index (κ3) is 5.83. The lowest BCUT2D eigenvalue weighted by atomic mass is 10.1. The van der Waals surface area contributed by atoms with E-state index in [1.54, 1.807) is 36.4 Å². The van der Waals surface area contributed by atoms with E-state index in [1.165, 1.54) is 0 Å². The molecule has 0 unspecified atom stereocenters. The van der Waals surface area contributed by atoms with Gasteiger partial charge in [-0.15, -0.1) is 0 Å². The van der Waals surface area contributed by atoms with Crippen molar-refractivity contribution in [3.8, 4) is 0 Å². The molecule has 1 heterocycles. The molecule has 0 saturated carbocycles. The van der Waals surface area contributed by atoms with Gasteiger partial charge in [0.2, 0.25) is 5.91 Å². The molecule has 7 heteroatoms. The molecule has 158 valence electrons. The van der Waals surface area contributed by atoms with Crippen molar-refractivity contribution in [2.45, 2.75) is 26.2 Å². The first kappa shape index (κ1) is 21.4. The zero-order valence-corrected chi connectivity index (χ0v) is 17.2. The van der Waals surface area contributed by atoms with Crippen LogP contribution in [0, 0.1) is 0 Å². The molecule has 3 N–H and O–H groups in total. The van der Waals surface area contributed by atoms with Gasteiger partial charge in [-0.1, -0.05) is 19.1 Å². The molecule has 1 aliphatic rings. The fourth-order valence-corrected chi connectivity index (χ4v) is 3.33. The van der Waals surface area contributed by atoms with Gasteiger partial charge in [0.05, 0.1) is 6.54 Å². The van der Waals surface area contributed by atoms with Gasteiger partial charge < -0.3 is 20.9 Å². The van der Waals surface area contributed by atoms with Crippen molar-refractivity contribution in [3.63, 3.8) is 0 Å². The van der Waals surface area contributed by atoms with E-state index in [4.69, 9.17) is 0 Å². The minimum atomic E-state index is -0.239. The van der Waals surface area contributed by atoms with Crippen molar-refractivity contribution in [2.24, 2.45) is 0 Å². The second kappa shape index (κ2) is 10.4. The number of rotatable bonds is 8. The number of hydrogen-bond donors (Lipinski definition) is 3. The van der Waals surface area contributed by atoms with Crippen LogP contribution in [0.25, 0.3) is 0 Å². The van der Waals surface area contributed by atoms with Crippen molar-refractivity contribution in [3.05, 3.63) is 59.7 Å². The molecule has 30 heavy (non-hydrogen) atoms. The third-order valence-corrected chi connectivity index (χ3v) is 4.90. The highest BCUT2D eigenvalue weighted by molar-refractivity contribution is 5.98. The number of carbonyl (C=O) groups excluding carboxylic acids is 3. The lowest BCUT2D eigenvalue weighted by molar-refractivity contribution is -0.114. The molecule has 0 bridgehead atoms. The van der Waals surface area contributed by atoms with E-state index in [2.05, 4.69) is 16.0 Å². The number of nitrogens with one attached hydrogen (secondary N) is 3. The lowest BCUT2D eigenvalue weighted by Gasteiger charge is -2.16. The molecule has 0 radical (unpaired) electrons. The lowest BCUT2D eigenvalue weighted by Crippen LogP contribution is -2.27. The quantitative estimate of drug-likeness (QED) is 0.626. The van der Waals surface area contributed by atoms with Gasteiger partial charge in [0.1, 0.15) is 0 Å². The van der Waals surface area contributed by atoms with Crippen LogP contribution in [-0.2, 0) is 4.79 Å². The standard InChI is InChI=1S/C23H28N4O3/c1-2-11-24-22(29)17-7-5-10-20(14-17)26-21(28)16-25-19-9-6-8-18(15-19)23(30)27-12-3-4-13-27/h5-10,14-15,25H,2-4,11-13,16H2,1H3,(H,24,29)(H,26,28). The molecule has 0 spiro atoms. The number of likely N-dealkylation sites (tertiary alicyclic amines) is 1. The molecule has 3 rings (SSSR count). The predicted octanol–water partition coefficient (Wildman–Crippen LogP) is 3.11. The first-order chi connectivity index (χ1) is 14.6. The predicted molar refractivity (Wildman–Crippen MR) is 118 cm³/mol. The summed E-state index contributed by atoms with van der Waals surface area (Å²) in [4.78, 5) is 38.8. The van der Waals surface area contributed by atoms with Crippen molar-refractivity contribution < 1.29 is 14.4 Å². The molecule has 7 nitrogen and oxygen atoms in total. The van der Waals surface area contributed by atoms with Gasteiger partial charge in [-0.25, -0.2) is 0 Å². The number of carbonyl (C=O) groups is 3. The largest absolute Gasteiger partial charge is 0.376 e. The van der Waals surface area contributed by atoms with Crippen LogP contribution in [0.15, 0.2) is 48.5 Å². The summed E-state index contributed by atoms with van der Waals surface area (Å²) in [6, 6.07) is 14.0. The Morgan fingerprint density at radius 1 is 0.933 bits per heavy atom. The summed E-state index contributed by atoms with van der Waals surface area (Å²) in [6.07, 6.45) is 2.95. The Hall–Kier alpha value is -3.35.